The molecule has 1 N–H and O–H groups in total. The lowest BCUT2D eigenvalue weighted by atomic mass is 9.33. The van der Waals surface area contributed by atoms with Crippen molar-refractivity contribution in [2.24, 2.45) is 62.1 Å². The third kappa shape index (κ3) is 6.89. The highest BCUT2D eigenvalue weighted by Gasteiger charge is 2.70. The van der Waals surface area contributed by atoms with Crippen molar-refractivity contribution in [2.75, 3.05) is 53.5 Å². The molecule has 300 valence electrons. The minimum absolute atomic E-state index is 0.0171. The Labute approximate surface area is 321 Å². The molecule has 0 aromatic carbocycles. The number of allylic oxidation sites excluding steroid dienone is 2. The summed E-state index contributed by atoms with van der Waals surface area (Å²) in [7, 11) is 4.32. The van der Waals surface area contributed by atoms with E-state index in [1.54, 1.807) is 19.4 Å². The van der Waals surface area contributed by atoms with Crippen molar-refractivity contribution in [3.05, 3.63) is 11.1 Å². The number of carbonyl (C=O) groups excluding carboxylic acids is 2. The number of hydrogen-bond donors (Lipinski definition) is 1. The van der Waals surface area contributed by atoms with Crippen LogP contribution in [-0.4, -0.2) is 92.2 Å². The van der Waals surface area contributed by atoms with Crippen molar-refractivity contribution in [3.8, 4) is 0 Å². The van der Waals surface area contributed by atoms with E-state index in [0.717, 1.165) is 84.3 Å². The minimum Gasteiger partial charge on any atom is -0.481 e. The monoisotopic (exact) mass is 739 g/mol. The normalized spacial score (nSPS) is 38.3. The molecule has 0 bridgehead atoms. The van der Waals surface area contributed by atoms with Gasteiger partial charge in [-0.2, -0.15) is 0 Å². The molecule has 6 aliphatic rings. The molecular weight excluding hydrogens is 665 g/mol. The number of nitrogens with zero attached hydrogens (tertiary/aromatic N) is 2. The van der Waals surface area contributed by atoms with Gasteiger partial charge in [0.15, 0.2) is 5.78 Å². The number of aliphatic carboxylic acids is 1. The van der Waals surface area contributed by atoms with Gasteiger partial charge in [-0.15, -0.1) is 0 Å². The second-order valence-electron chi connectivity index (χ2n) is 21.4. The first-order chi connectivity index (χ1) is 24.6. The van der Waals surface area contributed by atoms with E-state index in [1.165, 1.54) is 18.4 Å². The second-order valence-corrected chi connectivity index (χ2v) is 21.4. The summed E-state index contributed by atoms with van der Waals surface area (Å²) in [5.74, 6) is 1.36. The molecule has 4 saturated carbocycles. The van der Waals surface area contributed by atoms with E-state index in [2.05, 4.69) is 72.4 Å². The summed E-state index contributed by atoms with van der Waals surface area (Å²) in [6.45, 7) is 26.2. The van der Waals surface area contributed by atoms with Crippen LogP contribution in [0.5, 0.6) is 0 Å². The van der Waals surface area contributed by atoms with Crippen molar-refractivity contribution in [1.29, 1.82) is 0 Å². The Morgan fingerprint density at radius 3 is 2.21 bits per heavy atom. The fraction of sp³-hybridized carbons (Fsp3) is 0.889. The quantitative estimate of drug-likeness (QED) is 0.189. The number of carboxylic acids is 1. The first kappa shape index (κ1) is 40.9. The Morgan fingerprint density at radius 1 is 0.906 bits per heavy atom. The molecule has 5 fully saturated rings. The molecule has 0 unspecified atom stereocenters. The van der Waals surface area contributed by atoms with E-state index >= 15 is 0 Å². The maximum Gasteiger partial charge on any atom is 0.309 e. The van der Waals surface area contributed by atoms with Gasteiger partial charge in [0, 0.05) is 42.8 Å². The number of fused-ring (bicyclic) bond motifs is 7. The number of rotatable bonds is 13. The molecule has 1 saturated heterocycles. The van der Waals surface area contributed by atoms with Crippen molar-refractivity contribution in [3.63, 3.8) is 0 Å². The number of Topliss-reactive ketones (excluding diaryl/α,β-unsaturated/α-hetero) is 1. The molecule has 8 heteroatoms. The average molecular weight is 739 g/mol. The Hall–Kier alpha value is -1.77. The fourth-order valence-electron chi connectivity index (χ4n) is 13.6. The number of carbonyl (C=O) groups is 3. The highest BCUT2D eigenvalue weighted by molar-refractivity contribution is 6.00. The van der Waals surface area contributed by atoms with Gasteiger partial charge in [-0.05, 0) is 138 Å². The van der Waals surface area contributed by atoms with Crippen LogP contribution in [0.4, 0.5) is 0 Å². The number of likely N-dealkylation sites (N-methyl/N-ethyl adjacent to an activating group) is 1. The van der Waals surface area contributed by atoms with E-state index in [0.29, 0.717) is 35.9 Å². The Bertz CT molecular complexity index is 1460. The van der Waals surface area contributed by atoms with Crippen LogP contribution in [0.15, 0.2) is 11.1 Å². The molecule has 53 heavy (non-hydrogen) atoms. The molecule has 8 atom stereocenters. The highest BCUT2D eigenvalue weighted by Crippen LogP contribution is 2.77. The predicted molar refractivity (Wildman–Crippen MR) is 209 cm³/mol. The average Bonchev–Trinajstić information content (AvgIpc) is 3.33. The van der Waals surface area contributed by atoms with E-state index in [9.17, 15) is 19.5 Å². The summed E-state index contributed by atoms with van der Waals surface area (Å²) in [6, 6.07) is 0. The third-order valence-corrected chi connectivity index (χ3v) is 16.9. The van der Waals surface area contributed by atoms with Crippen LogP contribution in [0.3, 0.4) is 0 Å². The van der Waals surface area contributed by atoms with E-state index < -0.39 is 17.4 Å². The van der Waals surface area contributed by atoms with Crippen molar-refractivity contribution in [2.45, 2.75) is 139 Å². The summed E-state index contributed by atoms with van der Waals surface area (Å²) in [4.78, 5) is 44.0. The zero-order chi connectivity index (χ0) is 38.9. The molecule has 8 nitrogen and oxygen atoms in total. The molecule has 1 heterocycles. The van der Waals surface area contributed by atoms with Gasteiger partial charge in [0.2, 0.25) is 0 Å². The zero-order valence-electron chi connectivity index (χ0n) is 35.4. The molecule has 5 aliphatic carbocycles. The van der Waals surface area contributed by atoms with Gasteiger partial charge in [-0.1, -0.05) is 54.0 Å². The lowest BCUT2D eigenvalue weighted by Crippen LogP contribution is -2.65. The van der Waals surface area contributed by atoms with E-state index in [-0.39, 0.29) is 45.5 Å². The molecule has 0 spiro atoms. The molecule has 0 aromatic rings. The van der Waals surface area contributed by atoms with Crippen LogP contribution >= 0.6 is 0 Å². The lowest BCUT2D eigenvalue weighted by Gasteiger charge is -2.72. The van der Waals surface area contributed by atoms with Crippen LogP contribution in [0.1, 0.15) is 133 Å². The molecule has 0 radical (unpaired) electrons. The zero-order valence-corrected chi connectivity index (χ0v) is 35.4. The van der Waals surface area contributed by atoms with E-state index in [4.69, 9.17) is 9.47 Å². The van der Waals surface area contributed by atoms with Crippen LogP contribution < -0.4 is 0 Å². The molecule has 6 rings (SSSR count). The first-order valence-corrected chi connectivity index (χ1v) is 21.3. The molecule has 1 aliphatic heterocycles. The fourth-order valence-corrected chi connectivity index (χ4v) is 13.6. The summed E-state index contributed by atoms with van der Waals surface area (Å²) >= 11 is 0. The second kappa shape index (κ2) is 14.3. The lowest BCUT2D eigenvalue weighted by molar-refractivity contribution is -0.233. The first-order valence-electron chi connectivity index (χ1n) is 21.3. The Balaban J connectivity index is 1.25. The SMILES string of the molecule is CC(C)C1=C2[C@H]3CC[C@@H]4[C@@]5(C)CC[C@H](OC(=O)CC(C)(C)C(=O)O)C(C)(C)[C@@H]5CC[C@@]4(C)[C@]3(C)CC[C@@]2(CCN(CCN(C)C)CC2COC2)CC1=O. The third-order valence-electron chi connectivity index (χ3n) is 16.9. The van der Waals surface area contributed by atoms with Crippen LogP contribution in [-0.2, 0) is 23.9 Å². The molecule has 0 aromatic heterocycles. The van der Waals surface area contributed by atoms with Crippen molar-refractivity contribution >= 4 is 17.7 Å². The number of carboxylic acid groups (broad SMARTS) is 1. The molecule has 0 amide bonds. The van der Waals surface area contributed by atoms with Crippen molar-refractivity contribution in [1.82, 2.24) is 9.80 Å². The topological polar surface area (TPSA) is 96.4 Å². The maximum absolute atomic E-state index is 14.2. The van der Waals surface area contributed by atoms with Gasteiger partial charge < -0.3 is 24.4 Å². The number of ketones is 1. The van der Waals surface area contributed by atoms with Crippen LogP contribution in [0.2, 0.25) is 0 Å². The number of hydrogen-bond acceptors (Lipinski definition) is 7. The van der Waals surface area contributed by atoms with Crippen molar-refractivity contribution < 1.29 is 29.0 Å². The van der Waals surface area contributed by atoms with Gasteiger partial charge in [-0.25, -0.2) is 0 Å². The highest BCUT2D eigenvalue weighted by atomic mass is 16.5. The van der Waals surface area contributed by atoms with Gasteiger partial charge in [0.25, 0.3) is 0 Å². The largest absolute Gasteiger partial charge is 0.481 e. The number of ether oxygens (including phenoxy) is 2. The standard InChI is InChI=1S/C45H74N2O6/c1-29(2)37-32(48)24-45(20-21-47(23-22-46(10)11)26-30-27-52-28-30)19-18-43(8)31(38(37)45)12-13-34-42(7)16-15-35(53-36(49)25-40(3,4)39(50)51)41(5,6)33(42)14-17-44(34,43)9/h29-31,33-35H,12-28H2,1-11H3,(H,50,51)/t31-,33+,34-,35+,42+,43-,44-,45-/m1/s1. The Kier molecular flexibility index (Phi) is 11.0. The summed E-state index contributed by atoms with van der Waals surface area (Å²) in [5, 5.41) is 9.63. The van der Waals surface area contributed by atoms with Crippen LogP contribution in [0.25, 0.3) is 0 Å². The maximum atomic E-state index is 14.2. The van der Waals surface area contributed by atoms with E-state index in [1.807, 2.05) is 0 Å². The summed E-state index contributed by atoms with van der Waals surface area (Å²) < 4.78 is 11.8. The van der Waals surface area contributed by atoms with Gasteiger partial charge in [0.05, 0.1) is 25.0 Å². The smallest absolute Gasteiger partial charge is 0.309 e. The number of esters is 1. The minimum atomic E-state index is -1.14. The predicted octanol–water partition coefficient (Wildman–Crippen LogP) is 8.28. The van der Waals surface area contributed by atoms with Gasteiger partial charge in [0.1, 0.15) is 6.10 Å². The Morgan fingerprint density at radius 2 is 1.60 bits per heavy atom. The van der Waals surface area contributed by atoms with Gasteiger partial charge in [-0.3, -0.25) is 14.4 Å². The molecular formula is C45H74N2O6. The summed E-state index contributed by atoms with van der Waals surface area (Å²) in [5.41, 5.74) is 1.80. The van der Waals surface area contributed by atoms with Gasteiger partial charge >= 0.3 is 11.9 Å². The van der Waals surface area contributed by atoms with Crippen LogP contribution in [0, 0.1) is 62.1 Å². The summed E-state index contributed by atoms with van der Waals surface area (Å²) in [6.07, 6.45) is 10.2.